The van der Waals surface area contributed by atoms with E-state index in [1.165, 1.54) is 4.90 Å². The first-order valence-electron chi connectivity index (χ1n) is 10.3. The van der Waals surface area contributed by atoms with E-state index in [4.69, 9.17) is 4.42 Å². The second kappa shape index (κ2) is 7.50. The van der Waals surface area contributed by atoms with Crippen LogP contribution in [0, 0.1) is 5.92 Å². The molecule has 0 radical (unpaired) electrons. The van der Waals surface area contributed by atoms with Crippen molar-refractivity contribution >= 4 is 34.5 Å². The van der Waals surface area contributed by atoms with Gasteiger partial charge in [0.2, 0.25) is 17.7 Å². The van der Waals surface area contributed by atoms with Crippen molar-refractivity contribution in [2.45, 2.75) is 25.3 Å². The number of hydrogen-bond donors (Lipinski definition) is 0. The number of carbonyl (C=O) groups is 3. The highest BCUT2D eigenvalue weighted by molar-refractivity contribution is 6.23. The van der Waals surface area contributed by atoms with Gasteiger partial charge < -0.3 is 9.32 Å². The smallest absolute Gasteiger partial charge is 0.257 e. The topological polar surface area (TPSA) is 83.7 Å². The first-order valence-corrected chi connectivity index (χ1v) is 10.3. The molecule has 7 heteroatoms. The van der Waals surface area contributed by atoms with E-state index in [0.29, 0.717) is 17.2 Å². The minimum atomic E-state index is -0.782. The van der Waals surface area contributed by atoms with E-state index in [1.54, 1.807) is 30.3 Å². The fourth-order valence-electron chi connectivity index (χ4n) is 3.95. The van der Waals surface area contributed by atoms with Gasteiger partial charge >= 0.3 is 0 Å². The number of benzene rings is 2. The summed E-state index contributed by atoms with van der Waals surface area (Å²) in [6.07, 6.45) is 3.25. The maximum atomic E-state index is 13.1. The molecule has 0 spiro atoms. The average molecular weight is 415 g/mol. The van der Waals surface area contributed by atoms with Gasteiger partial charge in [0.05, 0.1) is 12.1 Å². The Morgan fingerprint density at radius 1 is 1.16 bits per heavy atom. The molecule has 2 aliphatic rings. The maximum Gasteiger partial charge on any atom is 0.257 e. The molecule has 2 heterocycles. The Morgan fingerprint density at radius 3 is 2.58 bits per heavy atom. The van der Waals surface area contributed by atoms with E-state index >= 15 is 0 Å². The molecule has 2 fully saturated rings. The minimum absolute atomic E-state index is 0.0159. The van der Waals surface area contributed by atoms with Crippen LogP contribution in [0.25, 0.3) is 22.6 Å². The molecule has 1 aliphatic heterocycles. The van der Waals surface area contributed by atoms with Crippen molar-refractivity contribution in [2.24, 2.45) is 5.92 Å². The van der Waals surface area contributed by atoms with Crippen LogP contribution < -0.4 is 4.90 Å². The predicted molar refractivity (Wildman–Crippen MR) is 115 cm³/mol. The van der Waals surface area contributed by atoms with Crippen LogP contribution in [-0.4, -0.2) is 40.2 Å². The van der Waals surface area contributed by atoms with Gasteiger partial charge in [0.25, 0.3) is 5.91 Å². The lowest BCUT2D eigenvalue weighted by Gasteiger charge is -2.26. The summed E-state index contributed by atoms with van der Waals surface area (Å²) in [6, 6.07) is 13.6. The second-order valence-corrected chi connectivity index (χ2v) is 7.87. The summed E-state index contributed by atoms with van der Waals surface area (Å²) >= 11 is 0. The van der Waals surface area contributed by atoms with E-state index in [0.717, 1.165) is 28.8 Å². The highest BCUT2D eigenvalue weighted by atomic mass is 16.3. The van der Waals surface area contributed by atoms with Gasteiger partial charge in [0.15, 0.2) is 5.58 Å². The molecule has 1 saturated heterocycles. The second-order valence-electron chi connectivity index (χ2n) is 7.87. The van der Waals surface area contributed by atoms with Gasteiger partial charge in [-0.2, -0.15) is 0 Å². The Morgan fingerprint density at radius 2 is 1.90 bits per heavy atom. The number of oxazole rings is 1. The number of nitrogens with zero attached hydrogens (tertiary/aromatic N) is 3. The normalized spacial score (nSPS) is 18.6. The third kappa shape index (κ3) is 3.42. The number of aromatic nitrogens is 1. The molecular formula is C24H21N3O4. The van der Waals surface area contributed by atoms with Crippen molar-refractivity contribution in [2.75, 3.05) is 11.4 Å². The first-order chi connectivity index (χ1) is 15.1. The highest BCUT2D eigenvalue weighted by Crippen LogP contribution is 2.34. The molecule has 3 amide bonds. The third-order valence-electron chi connectivity index (χ3n) is 5.70. The lowest BCUT2D eigenvalue weighted by Crippen LogP contribution is -2.46. The molecule has 31 heavy (non-hydrogen) atoms. The van der Waals surface area contributed by atoms with Gasteiger partial charge in [0, 0.05) is 18.0 Å². The van der Waals surface area contributed by atoms with Crippen LogP contribution in [-0.2, 0) is 14.4 Å². The number of amides is 3. The number of fused-ring (bicyclic) bond motifs is 1. The van der Waals surface area contributed by atoms with Gasteiger partial charge in [-0.15, -0.1) is 6.58 Å². The summed E-state index contributed by atoms with van der Waals surface area (Å²) in [5.41, 5.74) is 2.66. The Kier molecular flexibility index (Phi) is 4.66. The number of anilines is 1. The monoisotopic (exact) mass is 415 g/mol. The van der Waals surface area contributed by atoms with Gasteiger partial charge in [-0.3, -0.25) is 14.4 Å². The molecule has 5 rings (SSSR count). The molecule has 156 valence electrons. The molecule has 1 aliphatic carbocycles. The largest absolute Gasteiger partial charge is 0.436 e. The minimum Gasteiger partial charge on any atom is -0.436 e. The summed E-state index contributed by atoms with van der Waals surface area (Å²) in [7, 11) is 0. The van der Waals surface area contributed by atoms with Crippen LogP contribution in [0.15, 0.2) is 65.6 Å². The number of imide groups is 1. The van der Waals surface area contributed by atoms with Gasteiger partial charge in [-0.1, -0.05) is 18.2 Å². The van der Waals surface area contributed by atoms with Gasteiger partial charge in [-0.05, 0) is 49.2 Å². The summed E-state index contributed by atoms with van der Waals surface area (Å²) < 4.78 is 5.78. The fourth-order valence-corrected chi connectivity index (χ4v) is 3.95. The van der Waals surface area contributed by atoms with Crippen molar-refractivity contribution in [1.29, 1.82) is 0 Å². The average Bonchev–Trinajstić information content (AvgIpc) is 3.47. The Bertz CT molecular complexity index is 1160. The number of hydrogen-bond acceptors (Lipinski definition) is 5. The molecule has 0 N–H and O–H groups in total. The van der Waals surface area contributed by atoms with Crippen molar-refractivity contribution in [3.8, 4) is 11.5 Å². The number of rotatable bonds is 6. The first kappa shape index (κ1) is 19.2. The highest BCUT2D eigenvalue weighted by Gasteiger charge is 2.46. The Labute approximate surface area is 179 Å². The molecule has 1 atom stereocenters. The third-order valence-corrected chi connectivity index (χ3v) is 5.70. The zero-order valence-electron chi connectivity index (χ0n) is 16.9. The number of carbonyl (C=O) groups excluding carboxylic acids is 3. The van der Waals surface area contributed by atoms with Crippen LogP contribution in [0.5, 0.6) is 0 Å². The molecule has 1 saturated carbocycles. The van der Waals surface area contributed by atoms with Crippen molar-refractivity contribution in [1.82, 2.24) is 9.88 Å². The van der Waals surface area contributed by atoms with E-state index in [2.05, 4.69) is 11.6 Å². The summed E-state index contributed by atoms with van der Waals surface area (Å²) in [5, 5.41) is 0. The lowest BCUT2D eigenvalue weighted by atomic mass is 10.1. The molecule has 1 aromatic heterocycles. The quantitative estimate of drug-likeness (QED) is 0.454. The zero-order valence-corrected chi connectivity index (χ0v) is 16.9. The molecule has 1 unspecified atom stereocenters. The van der Waals surface area contributed by atoms with Crippen LogP contribution in [0.4, 0.5) is 5.69 Å². The predicted octanol–water partition coefficient (Wildman–Crippen LogP) is 3.55. The van der Waals surface area contributed by atoms with Crippen molar-refractivity contribution in [3.05, 3.63) is 61.2 Å². The van der Waals surface area contributed by atoms with Crippen molar-refractivity contribution < 1.29 is 18.8 Å². The molecule has 7 nitrogen and oxygen atoms in total. The fraction of sp³-hybridized carbons (Fsp3) is 0.250. The van der Waals surface area contributed by atoms with Crippen LogP contribution in [0.3, 0.4) is 0 Å². The summed E-state index contributed by atoms with van der Waals surface area (Å²) in [5.74, 6) is -0.332. The SMILES string of the molecule is C=CCN(C(=O)C1CC1)C1CC(=O)N(c2ccc(-c3nc4ccccc4o3)cc2)C1=O. The van der Waals surface area contributed by atoms with E-state index in [9.17, 15) is 14.4 Å². The number of para-hydroxylation sites is 2. The molecule has 0 bridgehead atoms. The van der Waals surface area contributed by atoms with Crippen LogP contribution >= 0.6 is 0 Å². The Hall–Kier alpha value is -3.74. The standard InChI is InChI=1S/C24H21N3O4/c1-2-13-26(23(29)16-7-8-16)19-14-21(28)27(24(19)30)17-11-9-15(10-12-17)22-25-18-5-3-4-6-20(18)31-22/h2-6,9-12,16,19H,1,7-8,13-14H2. The summed E-state index contributed by atoms with van der Waals surface area (Å²) in [4.78, 5) is 45.6. The molecular weight excluding hydrogens is 394 g/mol. The summed E-state index contributed by atoms with van der Waals surface area (Å²) in [6.45, 7) is 3.94. The lowest BCUT2D eigenvalue weighted by molar-refractivity contribution is -0.138. The molecule has 3 aromatic rings. The van der Waals surface area contributed by atoms with Gasteiger partial charge in [-0.25, -0.2) is 9.88 Å². The zero-order chi connectivity index (χ0) is 21.5. The maximum absolute atomic E-state index is 13.1. The molecule has 2 aromatic carbocycles. The van der Waals surface area contributed by atoms with Crippen molar-refractivity contribution in [3.63, 3.8) is 0 Å². The van der Waals surface area contributed by atoms with E-state index < -0.39 is 6.04 Å². The Balaban J connectivity index is 1.39. The van der Waals surface area contributed by atoms with Gasteiger partial charge in [0.1, 0.15) is 11.6 Å². The van der Waals surface area contributed by atoms with E-state index in [-0.39, 0.29) is 36.6 Å². The van der Waals surface area contributed by atoms with Crippen LogP contribution in [0.1, 0.15) is 19.3 Å². The van der Waals surface area contributed by atoms with E-state index in [1.807, 2.05) is 24.3 Å². The van der Waals surface area contributed by atoms with Crippen LogP contribution in [0.2, 0.25) is 0 Å².